The first-order valence-corrected chi connectivity index (χ1v) is 15.0. The quantitative estimate of drug-likeness (QED) is 0.206. The number of aliphatic hydroxyl groups is 1. The van der Waals surface area contributed by atoms with E-state index in [-0.39, 0.29) is 36.2 Å². The van der Waals surface area contributed by atoms with Crippen LogP contribution in [-0.2, 0) is 18.9 Å². The van der Waals surface area contributed by atoms with Crippen LogP contribution in [0.3, 0.4) is 0 Å². The van der Waals surface area contributed by atoms with Gasteiger partial charge in [-0.05, 0) is 61.6 Å². The smallest absolute Gasteiger partial charge is 0.272 e. The summed E-state index contributed by atoms with van der Waals surface area (Å²) < 4.78 is 33.0. The number of nitrogens with one attached hydrogen (secondary N) is 2. The van der Waals surface area contributed by atoms with E-state index in [9.17, 15) is 23.5 Å². The van der Waals surface area contributed by atoms with Crippen LogP contribution in [0.15, 0.2) is 83.7 Å². The zero-order valence-corrected chi connectivity index (χ0v) is 25.2. The summed E-state index contributed by atoms with van der Waals surface area (Å²) in [7, 11) is 0. The molecule has 11 heteroatoms. The lowest BCUT2D eigenvalue weighted by molar-refractivity contribution is 0.0170. The number of alkyl halides is 2. The van der Waals surface area contributed by atoms with Gasteiger partial charge in [0.1, 0.15) is 12.3 Å². The van der Waals surface area contributed by atoms with Crippen molar-refractivity contribution in [2.24, 2.45) is 0 Å². The molecule has 0 saturated carbocycles. The lowest BCUT2D eigenvalue weighted by Crippen LogP contribution is -2.48. The summed E-state index contributed by atoms with van der Waals surface area (Å²) in [5, 5.41) is 17.2. The molecular formula is C34H37F2N5O4. The van der Waals surface area contributed by atoms with Crippen LogP contribution in [0.4, 0.5) is 8.78 Å². The second-order valence-electron chi connectivity index (χ2n) is 11.5. The Hall–Kier alpha value is -4.48. The third-order valence-electron chi connectivity index (χ3n) is 7.87. The Labute approximate surface area is 260 Å². The number of nitrogens with zero attached hydrogens (tertiary/aromatic N) is 3. The van der Waals surface area contributed by atoms with E-state index in [0.717, 1.165) is 37.2 Å². The Morgan fingerprint density at radius 1 is 1.09 bits per heavy atom. The molecule has 1 saturated heterocycles. The highest BCUT2D eigenvalue weighted by Gasteiger charge is 2.34. The summed E-state index contributed by atoms with van der Waals surface area (Å²) in [6.07, 6.45) is 5.08. The van der Waals surface area contributed by atoms with Crippen molar-refractivity contribution in [1.82, 2.24) is 25.5 Å². The number of oxazole rings is 1. The van der Waals surface area contributed by atoms with Crippen LogP contribution in [0.25, 0.3) is 0 Å². The first-order chi connectivity index (χ1) is 21.6. The molecule has 0 aliphatic carbocycles. The molecule has 0 unspecified atom stereocenters. The normalized spacial score (nSPS) is 16.4. The van der Waals surface area contributed by atoms with Crippen molar-refractivity contribution >= 4 is 11.8 Å². The van der Waals surface area contributed by atoms with Crippen molar-refractivity contribution < 1.29 is 27.9 Å². The Morgan fingerprint density at radius 3 is 2.60 bits per heavy atom. The highest BCUT2D eigenvalue weighted by atomic mass is 19.3. The lowest BCUT2D eigenvalue weighted by atomic mass is 10.00. The molecule has 4 aromatic rings. The number of amides is 2. The minimum Gasteiger partial charge on any atom is -0.446 e. The number of rotatable bonds is 12. The highest BCUT2D eigenvalue weighted by Crippen LogP contribution is 2.33. The summed E-state index contributed by atoms with van der Waals surface area (Å²) in [4.78, 5) is 37.1. The van der Waals surface area contributed by atoms with Gasteiger partial charge in [0.05, 0.1) is 17.8 Å². The number of halogens is 2. The maximum absolute atomic E-state index is 13.7. The molecule has 2 aromatic heterocycles. The van der Waals surface area contributed by atoms with Crippen LogP contribution < -0.4 is 10.6 Å². The monoisotopic (exact) mass is 617 g/mol. The summed E-state index contributed by atoms with van der Waals surface area (Å²) in [5.41, 5.74) is 2.67. The molecule has 0 bridgehead atoms. The minimum absolute atomic E-state index is 0.0830. The molecule has 0 radical (unpaired) electrons. The fourth-order valence-electron chi connectivity index (χ4n) is 5.49. The van der Waals surface area contributed by atoms with E-state index >= 15 is 0 Å². The fraction of sp³-hybridized carbons (Fsp3) is 0.353. The third kappa shape index (κ3) is 8.17. The van der Waals surface area contributed by atoms with Crippen LogP contribution >= 0.6 is 0 Å². The maximum atomic E-state index is 13.7. The molecule has 2 amide bonds. The Balaban J connectivity index is 1.26. The third-order valence-corrected chi connectivity index (χ3v) is 7.87. The van der Waals surface area contributed by atoms with Crippen molar-refractivity contribution in [3.8, 4) is 0 Å². The molecule has 1 aliphatic heterocycles. The number of hydrogen-bond acceptors (Lipinski definition) is 7. The van der Waals surface area contributed by atoms with Crippen LogP contribution in [0.5, 0.6) is 0 Å². The number of aryl methyl sites for hydroxylation is 1. The minimum atomic E-state index is -3.01. The van der Waals surface area contributed by atoms with Crippen LogP contribution in [0.1, 0.15) is 74.8 Å². The van der Waals surface area contributed by atoms with E-state index < -0.39 is 24.0 Å². The number of aromatic nitrogens is 2. The summed E-state index contributed by atoms with van der Waals surface area (Å²) in [5.74, 6) is -3.16. The van der Waals surface area contributed by atoms with Gasteiger partial charge in [-0.3, -0.25) is 14.6 Å². The molecule has 3 atom stereocenters. The summed E-state index contributed by atoms with van der Waals surface area (Å²) >= 11 is 0. The fourth-order valence-corrected chi connectivity index (χ4v) is 5.49. The van der Waals surface area contributed by atoms with Gasteiger partial charge in [0.15, 0.2) is 0 Å². The number of carbonyl (C=O) groups is 2. The highest BCUT2D eigenvalue weighted by molar-refractivity contribution is 6.00. The maximum Gasteiger partial charge on any atom is 0.272 e. The second kappa shape index (κ2) is 14.1. The Kier molecular flexibility index (Phi) is 9.99. The molecule has 5 rings (SSSR count). The molecule has 0 spiro atoms. The molecule has 236 valence electrons. The Morgan fingerprint density at radius 2 is 1.87 bits per heavy atom. The summed E-state index contributed by atoms with van der Waals surface area (Å²) in [6, 6.07) is 16.4. The number of hydrogen-bond donors (Lipinski definition) is 3. The predicted octanol–water partition coefficient (Wildman–Crippen LogP) is 4.96. The topological polar surface area (TPSA) is 121 Å². The van der Waals surface area contributed by atoms with Gasteiger partial charge < -0.3 is 25.1 Å². The van der Waals surface area contributed by atoms with E-state index in [2.05, 4.69) is 20.6 Å². The van der Waals surface area contributed by atoms with E-state index in [0.29, 0.717) is 30.0 Å². The molecule has 1 fully saturated rings. The molecule has 45 heavy (non-hydrogen) atoms. The zero-order valence-electron chi connectivity index (χ0n) is 25.2. The molecule has 3 N–H and O–H groups in total. The number of aliphatic hydroxyl groups excluding tert-OH is 1. The molecule has 1 aliphatic rings. The zero-order chi connectivity index (χ0) is 32.0. The predicted molar refractivity (Wildman–Crippen MR) is 164 cm³/mol. The van der Waals surface area contributed by atoms with Crippen molar-refractivity contribution in [3.05, 3.63) is 119 Å². The van der Waals surface area contributed by atoms with Crippen molar-refractivity contribution in [2.75, 3.05) is 13.1 Å². The van der Waals surface area contributed by atoms with Crippen LogP contribution in [0, 0.1) is 6.92 Å². The number of carbonyl (C=O) groups excluding carboxylic acids is 2. The van der Waals surface area contributed by atoms with Gasteiger partial charge >= 0.3 is 0 Å². The van der Waals surface area contributed by atoms with Crippen molar-refractivity contribution in [1.29, 1.82) is 0 Å². The van der Waals surface area contributed by atoms with E-state index in [1.807, 2.05) is 37.3 Å². The molecule has 3 heterocycles. The summed E-state index contributed by atoms with van der Waals surface area (Å²) in [6.45, 7) is 3.49. The van der Waals surface area contributed by atoms with Gasteiger partial charge in [0, 0.05) is 55.6 Å². The molecule has 9 nitrogen and oxygen atoms in total. The average molecular weight is 618 g/mol. The Bertz CT molecular complexity index is 1610. The van der Waals surface area contributed by atoms with Crippen molar-refractivity contribution in [2.45, 2.75) is 63.8 Å². The number of likely N-dealkylation sites (tertiary alicyclic amines) is 1. The average Bonchev–Trinajstić information content (AvgIpc) is 3.70. The van der Waals surface area contributed by atoms with E-state index in [4.69, 9.17) is 4.42 Å². The van der Waals surface area contributed by atoms with Gasteiger partial charge in [-0.1, -0.05) is 36.4 Å². The number of pyridine rings is 1. The van der Waals surface area contributed by atoms with Crippen LogP contribution in [-0.4, -0.2) is 57.0 Å². The molecular weight excluding hydrogens is 580 g/mol. The SMILES string of the molecule is Cc1coc([C@H]2CCCN2C(=O)c2cccc(C(=O)N[C@@H](Cc3ccccc3)[C@@H](O)CNCc3cncc(C(C)(F)F)c3)c2)n1. The van der Waals surface area contributed by atoms with Gasteiger partial charge in [0.2, 0.25) is 5.89 Å². The number of benzene rings is 2. The van der Waals surface area contributed by atoms with Gasteiger partial charge in [-0.2, -0.15) is 0 Å². The first kappa shape index (κ1) is 31.9. The van der Waals surface area contributed by atoms with Gasteiger partial charge in [0.25, 0.3) is 17.7 Å². The second-order valence-corrected chi connectivity index (χ2v) is 11.5. The molecule has 2 aromatic carbocycles. The lowest BCUT2D eigenvalue weighted by Gasteiger charge is -2.25. The first-order valence-electron chi connectivity index (χ1n) is 15.0. The van der Waals surface area contributed by atoms with Crippen LogP contribution in [0.2, 0.25) is 0 Å². The van der Waals surface area contributed by atoms with E-state index in [1.165, 1.54) is 12.3 Å². The van der Waals surface area contributed by atoms with Gasteiger partial charge in [-0.25, -0.2) is 13.8 Å². The standard InChI is InChI=1S/C34H37F2N5O4/c1-22-21-45-32(39-22)29-12-7-13-41(29)33(44)26-11-6-10-25(16-26)31(43)40-28(15-23-8-4-3-5-9-23)30(42)20-38-18-24-14-27(19-37-17-24)34(2,35)36/h3-6,8-11,14,16-17,19,21,28-30,38,42H,7,12-13,15,18,20H2,1-2H3,(H,40,43)/t28-,29+,30-/m0/s1. The largest absolute Gasteiger partial charge is 0.446 e. The van der Waals surface area contributed by atoms with Gasteiger partial charge in [-0.15, -0.1) is 0 Å². The van der Waals surface area contributed by atoms with E-state index in [1.54, 1.807) is 35.4 Å². The van der Waals surface area contributed by atoms with Crippen molar-refractivity contribution in [3.63, 3.8) is 0 Å².